The highest BCUT2D eigenvalue weighted by Crippen LogP contribution is 2.69. The van der Waals surface area contributed by atoms with Crippen LogP contribution in [0.5, 0.6) is 0 Å². The number of hydrogen-bond acceptors (Lipinski definition) is 4. The van der Waals surface area contributed by atoms with Gasteiger partial charge in [-0.3, -0.25) is 19.3 Å². The summed E-state index contributed by atoms with van der Waals surface area (Å²) in [6, 6.07) is 8.61. The number of fused-ring (bicyclic) bond motifs is 5. The number of rotatable bonds is 8. The van der Waals surface area contributed by atoms with Gasteiger partial charge in [-0.15, -0.1) is 0 Å². The van der Waals surface area contributed by atoms with Crippen molar-refractivity contribution >= 4 is 11.8 Å². The fraction of sp³-hybridized carbons (Fsp3) is 0.353. The number of alkyl halides is 3. The predicted octanol–water partition coefficient (Wildman–Crippen LogP) is 6.76. The van der Waals surface area contributed by atoms with Crippen LogP contribution in [0.15, 0.2) is 54.7 Å². The van der Waals surface area contributed by atoms with Crippen molar-refractivity contribution in [3.05, 3.63) is 106 Å². The third-order valence-corrected chi connectivity index (χ3v) is 10.1. The van der Waals surface area contributed by atoms with Crippen molar-refractivity contribution in [3.8, 4) is 11.1 Å². The lowest BCUT2D eigenvalue weighted by atomic mass is 9.68. The fourth-order valence-electron chi connectivity index (χ4n) is 7.50. The lowest BCUT2D eigenvalue weighted by molar-refractivity contribution is -0.143. The molecule has 2 aromatic heterocycles. The van der Waals surface area contributed by atoms with E-state index in [4.69, 9.17) is 5.73 Å². The van der Waals surface area contributed by atoms with Gasteiger partial charge in [0.15, 0.2) is 5.69 Å². The molecule has 2 amide bonds. The van der Waals surface area contributed by atoms with E-state index in [-0.39, 0.29) is 34.7 Å². The molecule has 246 valence electrons. The number of carbonyl (C=O) groups excluding carboxylic acids is 2. The first-order chi connectivity index (χ1) is 22.0. The van der Waals surface area contributed by atoms with Crippen molar-refractivity contribution in [2.45, 2.75) is 70.1 Å². The Morgan fingerprint density at radius 3 is 2.43 bits per heavy atom. The van der Waals surface area contributed by atoms with Crippen molar-refractivity contribution < 1.29 is 35.9 Å². The molecule has 7 nitrogen and oxygen atoms in total. The summed E-state index contributed by atoms with van der Waals surface area (Å²) in [5, 5.41) is 6.71. The minimum Gasteiger partial charge on any atom is -0.366 e. The smallest absolute Gasteiger partial charge is 0.366 e. The largest absolute Gasteiger partial charge is 0.435 e. The van der Waals surface area contributed by atoms with Gasteiger partial charge in [0.2, 0.25) is 5.91 Å². The highest BCUT2D eigenvalue weighted by Gasteiger charge is 2.64. The summed E-state index contributed by atoms with van der Waals surface area (Å²) in [6.45, 7) is 5.13. The molecule has 13 heteroatoms. The number of halogens is 6. The summed E-state index contributed by atoms with van der Waals surface area (Å²) in [4.78, 5) is 30.0. The molecule has 0 spiro atoms. The number of aromatic nitrogens is 3. The van der Waals surface area contributed by atoms with Crippen molar-refractivity contribution in [2.75, 3.05) is 0 Å². The summed E-state index contributed by atoms with van der Waals surface area (Å²) < 4.78 is 86.7. The SMILES string of the molecule is CC12CCC(c3c1c(C(F)(F)F)nn3CC(=O)NC(Cc1cc(F)cc(F)c1)c1ncccc1-c1ccc(F)c(C(N)=O)c1)C2(C)C. The zero-order valence-electron chi connectivity index (χ0n) is 25.7. The fourth-order valence-corrected chi connectivity index (χ4v) is 7.50. The van der Waals surface area contributed by atoms with Crippen molar-refractivity contribution in [1.82, 2.24) is 20.1 Å². The molecule has 0 aliphatic heterocycles. The third-order valence-electron chi connectivity index (χ3n) is 10.1. The lowest BCUT2D eigenvalue weighted by Gasteiger charge is -2.35. The Hall–Kier alpha value is -4.68. The van der Waals surface area contributed by atoms with E-state index in [0.29, 0.717) is 35.7 Å². The first kappa shape index (κ1) is 32.3. The van der Waals surface area contributed by atoms with Crippen LogP contribution in [-0.4, -0.2) is 26.6 Å². The van der Waals surface area contributed by atoms with Crippen LogP contribution in [0.1, 0.15) is 84.1 Å². The highest BCUT2D eigenvalue weighted by molar-refractivity contribution is 5.94. The molecule has 6 rings (SSSR count). The van der Waals surface area contributed by atoms with E-state index < -0.39 is 64.6 Å². The van der Waals surface area contributed by atoms with Gasteiger partial charge in [-0.05, 0) is 66.1 Å². The molecule has 1 saturated carbocycles. The van der Waals surface area contributed by atoms with Crippen LogP contribution in [0.25, 0.3) is 11.1 Å². The average Bonchev–Trinajstić information content (AvgIpc) is 3.52. The maximum Gasteiger partial charge on any atom is 0.435 e. The molecule has 2 bridgehead atoms. The first-order valence-corrected chi connectivity index (χ1v) is 15.0. The number of nitrogens with two attached hydrogens (primary N) is 1. The van der Waals surface area contributed by atoms with Gasteiger partial charge in [0.1, 0.15) is 24.0 Å². The Balaban J connectivity index is 1.40. The number of nitrogens with one attached hydrogen (secondary N) is 1. The monoisotopic (exact) mass is 655 g/mol. The lowest BCUT2D eigenvalue weighted by Crippen LogP contribution is -2.35. The summed E-state index contributed by atoms with van der Waals surface area (Å²) >= 11 is 0. The number of carbonyl (C=O) groups is 2. The van der Waals surface area contributed by atoms with Gasteiger partial charge >= 0.3 is 6.18 Å². The molecule has 3 atom stereocenters. The molecular weight excluding hydrogens is 624 g/mol. The Kier molecular flexibility index (Phi) is 7.71. The number of benzene rings is 2. The Morgan fingerprint density at radius 2 is 1.77 bits per heavy atom. The van der Waals surface area contributed by atoms with Crippen molar-refractivity contribution in [2.24, 2.45) is 11.1 Å². The number of primary amides is 1. The van der Waals surface area contributed by atoms with E-state index >= 15 is 0 Å². The average molecular weight is 656 g/mol. The molecule has 4 aromatic rings. The van der Waals surface area contributed by atoms with Gasteiger partial charge in [0.25, 0.3) is 5.91 Å². The summed E-state index contributed by atoms with van der Waals surface area (Å²) in [6.07, 6.45) is -2.28. The molecule has 0 saturated heterocycles. The number of pyridine rings is 1. The molecule has 2 heterocycles. The highest BCUT2D eigenvalue weighted by atomic mass is 19.4. The van der Waals surface area contributed by atoms with Crippen LogP contribution in [-0.2, 0) is 29.4 Å². The Morgan fingerprint density at radius 1 is 1.06 bits per heavy atom. The first-order valence-electron chi connectivity index (χ1n) is 15.0. The summed E-state index contributed by atoms with van der Waals surface area (Å²) in [7, 11) is 0. The van der Waals surface area contributed by atoms with Gasteiger partial charge in [-0.1, -0.05) is 32.9 Å². The second-order valence-corrected chi connectivity index (χ2v) is 13.0. The molecule has 2 aromatic carbocycles. The summed E-state index contributed by atoms with van der Waals surface area (Å²) in [5.41, 5.74) is 4.22. The van der Waals surface area contributed by atoms with Crippen LogP contribution in [0, 0.1) is 22.9 Å². The van der Waals surface area contributed by atoms with E-state index in [9.17, 15) is 35.9 Å². The van der Waals surface area contributed by atoms with Crippen LogP contribution in [0.3, 0.4) is 0 Å². The third kappa shape index (κ3) is 5.44. The predicted molar refractivity (Wildman–Crippen MR) is 159 cm³/mol. The van der Waals surface area contributed by atoms with E-state index in [1.165, 1.54) is 18.3 Å². The number of hydrogen-bond donors (Lipinski definition) is 2. The molecule has 3 N–H and O–H groups in total. The van der Waals surface area contributed by atoms with E-state index in [0.717, 1.165) is 22.9 Å². The zero-order valence-corrected chi connectivity index (χ0v) is 25.7. The Bertz CT molecular complexity index is 1900. The molecule has 47 heavy (non-hydrogen) atoms. The van der Waals surface area contributed by atoms with Gasteiger partial charge in [0.05, 0.1) is 17.3 Å². The Labute approximate surface area is 266 Å². The second-order valence-electron chi connectivity index (χ2n) is 13.0. The van der Waals surface area contributed by atoms with Gasteiger partial charge in [0, 0.05) is 40.4 Å². The summed E-state index contributed by atoms with van der Waals surface area (Å²) in [5.74, 6) is -4.52. The van der Waals surface area contributed by atoms with Crippen LogP contribution < -0.4 is 11.1 Å². The van der Waals surface area contributed by atoms with Gasteiger partial charge in [-0.25, -0.2) is 13.2 Å². The molecular formula is C34H31F6N5O2. The second kappa shape index (κ2) is 11.2. The minimum atomic E-state index is -4.73. The van der Waals surface area contributed by atoms with E-state index in [2.05, 4.69) is 15.4 Å². The molecule has 3 unspecified atom stereocenters. The maximum atomic E-state index is 14.3. The number of nitrogens with zero attached hydrogens (tertiary/aromatic N) is 3. The zero-order chi connectivity index (χ0) is 34.1. The number of amides is 2. The van der Waals surface area contributed by atoms with Crippen molar-refractivity contribution in [1.29, 1.82) is 0 Å². The standard InChI is InChI=1S/C34H31F6N5O2/c1-32(2)23-8-9-33(32,3)27-29(23)45(44-30(27)34(38,39)40)16-26(46)43-25(13-17-11-19(35)15-20(36)12-17)28-21(5-4-10-42-28)18-6-7-24(37)22(14-18)31(41)47/h4-7,10-12,14-15,23,25H,8-9,13,16H2,1-3H3,(H2,41,47)(H,43,46). The molecule has 2 aliphatic rings. The van der Waals surface area contributed by atoms with Crippen LogP contribution in [0.2, 0.25) is 0 Å². The van der Waals surface area contributed by atoms with Gasteiger partial charge in [-0.2, -0.15) is 18.3 Å². The van der Waals surface area contributed by atoms with Crippen LogP contribution in [0.4, 0.5) is 26.3 Å². The van der Waals surface area contributed by atoms with Crippen LogP contribution >= 0.6 is 0 Å². The maximum absolute atomic E-state index is 14.3. The van der Waals surface area contributed by atoms with Gasteiger partial charge < -0.3 is 11.1 Å². The molecule has 2 aliphatic carbocycles. The van der Waals surface area contributed by atoms with E-state index in [1.807, 2.05) is 20.8 Å². The molecule has 0 radical (unpaired) electrons. The van der Waals surface area contributed by atoms with Crippen molar-refractivity contribution in [3.63, 3.8) is 0 Å². The normalized spacial score (nSPS) is 20.2. The van der Waals surface area contributed by atoms with E-state index in [1.54, 1.807) is 12.1 Å². The minimum absolute atomic E-state index is 0.124. The molecule has 1 fully saturated rings. The topological polar surface area (TPSA) is 103 Å². The quantitative estimate of drug-likeness (QED) is 0.205.